The van der Waals surface area contributed by atoms with Crippen LogP contribution in [0.3, 0.4) is 0 Å². The predicted octanol–water partition coefficient (Wildman–Crippen LogP) is 0.546. The van der Waals surface area contributed by atoms with E-state index in [1.165, 1.54) is 4.31 Å². The van der Waals surface area contributed by atoms with E-state index in [9.17, 15) is 13.5 Å². The minimum atomic E-state index is -3.32. The zero-order valence-corrected chi connectivity index (χ0v) is 12.2. The fourth-order valence-electron chi connectivity index (χ4n) is 5.57. The molecule has 4 aliphatic rings. The Kier molecular flexibility index (Phi) is 2.10. The van der Waals surface area contributed by atoms with Gasteiger partial charge in [0.25, 0.3) is 0 Å². The molecule has 2 aliphatic heterocycles. The van der Waals surface area contributed by atoms with Crippen molar-refractivity contribution in [3.63, 3.8) is 0 Å². The maximum Gasteiger partial charge on any atom is 0.217 e. The number of sulfonamides is 1. The SMILES string of the molecule is CC1(C)[C@@H]2CC[C@]13CS(=O)(=O)N1CCCO[C@]13[C@@H]2O. The number of fused-ring (bicyclic) bond motifs is 1. The number of nitrogens with zero attached hydrogens (tertiary/aromatic N) is 1. The maximum absolute atomic E-state index is 12.6. The van der Waals surface area contributed by atoms with Crippen LogP contribution in [0.4, 0.5) is 0 Å². The Hall–Kier alpha value is -0.170. The minimum Gasteiger partial charge on any atom is -0.388 e. The number of hydrogen-bond acceptors (Lipinski definition) is 4. The van der Waals surface area contributed by atoms with Gasteiger partial charge in [-0.15, -0.1) is 0 Å². The Morgan fingerprint density at radius 3 is 2.84 bits per heavy atom. The summed E-state index contributed by atoms with van der Waals surface area (Å²) in [5, 5.41) is 10.8. The van der Waals surface area contributed by atoms with Crippen LogP contribution in [-0.2, 0) is 14.8 Å². The van der Waals surface area contributed by atoms with Crippen LogP contribution < -0.4 is 0 Å². The van der Waals surface area contributed by atoms with Crippen molar-refractivity contribution in [3.05, 3.63) is 0 Å². The second-order valence-corrected chi connectivity index (χ2v) is 9.01. The molecule has 0 aromatic rings. The number of aliphatic hydroxyl groups is 1. The Labute approximate surface area is 114 Å². The van der Waals surface area contributed by atoms with E-state index in [1.54, 1.807) is 0 Å². The van der Waals surface area contributed by atoms with Gasteiger partial charge in [0.1, 0.15) is 6.10 Å². The zero-order chi connectivity index (χ0) is 13.7. The summed E-state index contributed by atoms with van der Waals surface area (Å²) in [6, 6.07) is 0. The fraction of sp³-hybridized carbons (Fsp3) is 1.00. The highest BCUT2D eigenvalue weighted by atomic mass is 32.2. The van der Waals surface area contributed by atoms with Gasteiger partial charge in [-0.1, -0.05) is 13.8 Å². The van der Waals surface area contributed by atoms with Crippen molar-refractivity contribution in [2.24, 2.45) is 16.7 Å². The summed E-state index contributed by atoms with van der Waals surface area (Å²) in [4.78, 5) is 0. The molecular formula is C13H21NO4S. The van der Waals surface area contributed by atoms with Crippen LogP contribution in [0, 0.1) is 16.7 Å². The molecule has 1 N–H and O–H groups in total. The Bertz CT molecular complexity index is 545. The second-order valence-electron chi connectivity index (χ2n) is 7.12. The van der Waals surface area contributed by atoms with Crippen molar-refractivity contribution in [1.82, 2.24) is 4.31 Å². The van der Waals surface area contributed by atoms with Crippen molar-refractivity contribution in [3.8, 4) is 0 Å². The second kappa shape index (κ2) is 3.18. The van der Waals surface area contributed by atoms with Crippen LogP contribution in [0.1, 0.15) is 33.1 Å². The molecule has 5 nitrogen and oxygen atoms in total. The lowest BCUT2D eigenvalue weighted by Crippen LogP contribution is -2.65. The molecule has 2 spiro atoms. The lowest BCUT2D eigenvalue weighted by Gasteiger charge is -2.50. The number of rotatable bonds is 0. The molecule has 4 rings (SSSR count). The van der Waals surface area contributed by atoms with Gasteiger partial charge in [0.15, 0.2) is 5.72 Å². The summed E-state index contributed by atoms with van der Waals surface area (Å²) in [5.41, 5.74) is -1.61. The standard InChI is InChI=1S/C13H21NO4S/c1-11(2)9-4-5-12(11)8-19(16,17)14-6-3-7-18-13(12,14)10(9)15/h9-10,15H,3-8H2,1-2H3/t9-,10-,12+,13+/m1/s1. The van der Waals surface area contributed by atoms with Crippen LogP contribution in [0.25, 0.3) is 0 Å². The molecule has 2 saturated carbocycles. The van der Waals surface area contributed by atoms with E-state index in [1.807, 2.05) is 0 Å². The third kappa shape index (κ3) is 1.03. The van der Waals surface area contributed by atoms with E-state index in [0.717, 1.165) is 19.3 Å². The lowest BCUT2D eigenvalue weighted by atomic mass is 9.67. The molecule has 4 fully saturated rings. The first-order chi connectivity index (χ1) is 8.80. The molecule has 0 unspecified atom stereocenters. The molecule has 108 valence electrons. The number of aliphatic hydroxyl groups excluding tert-OH is 1. The van der Waals surface area contributed by atoms with Gasteiger partial charge in [0.05, 0.1) is 12.4 Å². The van der Waals surface area contributed by atoms with Crippen LogP contribution in [0.2, 0.25) is 0 Å². The highest BCUT2D eigenvalue weighted by molar-refractivity contribution is 7.89. The molecule has 2 saturated heterocycles. The maximum atomic E-state index is 12.6. The van der Waals surface area contributed by atoms with Gasteiger partial charge in [-0.25, -0.2) is 8.42 Å². The third-order valence-electron chi connectivity index (χ3n) is 6.47. The Morgan fingerprint density at radius 2 is 2.11 bits per heavy atom. The van der Waals surface area contributed by atoms with Crippen molar-refractivity contribution in [2.45, 2.75) is 44.9 Å². The first-order valence-electron chi connectivity index (χ1n) is 7.12. The van der Waals surface area contributed by atoms with Crippen molar-refractivity contribution >= 4 is 10.0 Å². The summed E-state index contributed by atoms with van der Waals surface area (Å²) >= 11 is 0. The van der Waals surface area contributed by atoms with Gasteiger partial charge >= 0.3 is 0 Å². The minimum absolute atomic E-state index is 0.139. The first kappa shape index (κ1) is 12.6. The van der Waals surface area contributed by atoms with Crippen LogP contribution in [0.15, 0.2) is 0 Å². The van der Waals surface area contributed by atoms with Crippen LogP contribution in [-0.4, -0.2) is 48.6 Å². The van der Waals surface area contributed by atoms with E-state index >= 15 is 0 Å². The lowest BCUT2D eigenvalue weighted by molar-refractivity contribution is -0.248. The molecule has 0 aromatic carbocycles. The Morgan fingerprint density at radius 1 is 1.37 bits per heavy atom. The normalized spacial score (nSPS) is 54.1. The van der Waals surface area contributed by atoms with Crippen LogP contribution in [0.5, 0.6) is 0 Å². The van der Waals surface area contributed by atoms with Gasteiger partial charge in [0.2, 0.25) is 10.0 Å². The van der Waals surface area contributed by atoms with E-state index in [4.69, 9.17) is 4.74 Å². The largest absolute Gasteiger partial charge is 0.388 e. The zero-order valence-electron chi connectivity index (χ0n) is 11.4. The summed E-state index contributed by atoms with van der Waals surface area (Å²) < 4.78 is 32.6. The monoisotopic (exact) mass is 287 g/mol. The molecule has 4 atom stereocenters. The van der Waals surface area contributed by atoms with Crippen molar-refractivity contribution in [1.29, 1.82) is 0 Å². The Balaban J connectivity index is 2.00. The number of hydrogen-bond donors (Lipinski definition) is 1. The smallest absolute Gasteiger partial charge is 0.217 e. The number of ether oxygens (including phenoxy) is 1. The van der Waals surface area contributed by atoms with Gasteiger partial charge in [-0.05, 0) is 30.6 Å². The summed E-state index contributed by atoms with van der Waals surface area (Å²) in [7, 11) is -3.32. The topological polar surface area (TPSA) is 66.8 Å². The fourth-order valence-corrected chi connectivity index (χ4v) is 8.23. The molecule has 0 aromatic heterocycles. The highest BCUT2D eigenvalue weighted by Crippen LogP contribution is 2.75. The summed E-state index contributed by atoms with van der Waals surface area (Å²) in [6.45, 7) is 5.26. The van der Waals surface area contributed by atoms with Gasteiger partial charge in [-0.2, -0.15) is 4.31 Å². The third-order valence-corrected chi connectivity index (χ3v) is 8.46. The quantitative estimate of drug-likeness (QED) is 0.706. The molecule has 6 heteroatoms. The first-order valence-corrected chi connectivity index (χ1v) is 8.73. The van der Waals surface area contributed by atoms with E-state index in [-0.39, 0.29) is 17.1 Å². The van der Waals surface area contributed by atoms with Gasteiger partial charge < -0.3 is 9.84 Å². The molecule has 0 radical (unpaired) electrons. The molecule has 2 aliphatic carbocycles. The average Bonchev–Trinajstić information content (AvgIpc) is 2.76. The molecule has 2 bridgehead atoms. The van der Waals surface area contributed by atoms with E-state index in [2.05, 4.69) is 13.8 Å². The highest BCUT2D eigenvalue weighted by Gasteiger charge is 2.84. The van der Waals surface area contributed by atoms with Crippen molar-refractivity contribution in [2.75, 3.05) is 18.9 Å². The summed E-state index contributed by atoms with van der Waals surface area (Å²) in [6.07, 6.45) is 1.78. The van der Waals surface area contributed by atoms with Gasteiger partial charge in [-0.3, -0.25) is 0 Å². The predicted molar refractivity (Wildman–Crippen MR) is 68.7 cm³/mol. The van der Waals surface area contributed by atoms with Crippen LogP contribution >= 0.6 is 0 Å². The molecule has 2 heterocycles. The molecule has 0 amide bonds. The van der Waals surface area contributed by atoms with E-state index in [0.29, 0.717) is 13.2 Å². The molecule has 19 heavy (non-hydrogen) atoms. The van der Waals surface area contributed by atoms with E-state index < -0.39 is 27.3 Å². The summed E-state index contributed by atoms with van der Waals surface area (Å²) in [5.74, 6) is 0.282. The van der Waals surface area contributed by atoms with Crippen molar-refractivity contribution < 1.29 is 18.3 Å². The molecular weight excluding hydrogens is 266 g/mol. The van der Waals surface area contributed by atoms with Gasteiger partial charge in [0, 0.05) is 12.0 Å². The average molecular weight is 287 g/mol.